The number of benzene rings is 2. The summed E-state index contributed by atoms with van der Waals surface area (Å²) in [5.74, 6) is 1.15. The number of hydrogen-bond donors (Lipinski definition) is 0. The second-order valence-corrected chi connectivity index (χ2v) is 7.00. The lowest BCUT2D eigenvalue weighted by molar-refractivity contribution is 0.981. The molecule has 0 saturated carbocycles. The van der Waals surface area contributed by atoms with Crippen LogP contribution in [0, 0.1) is 3.57 Å². The number of hydrogen-bond acceptors (Lipinski definition) is 1. The predicted octanol–water partition coefficient (Wildman–Crippen LogP) is 5.78. The van der Waals surface area contributed by atoms with Crippen molar-refractivity contribution in [3.8, 4) is 5.69 Å². The summed E-state index contributed by atoms with van der Waals surface area (Å²) in [6, 6.07) is 12.0. The van der Waals surface area contributed by atoms with Crippen molar-refractivity contribution >= 4 is 72.8 Å². The molecule has 0 aliphatic heterocycles. The molecule has 0 aliphatic rings. The molecule has 1 aromatic heterocycles. The van der Waals surface area contributed by atoms with Crippen molar-refractivity contribution in [2.45, 2.75) is 5.88 Å². The fourth-order valence-electron chi connectivity index (χ4n) is 2.11. The summed E-state index contributed by atoms with van der Waals surface area (Å²) in [5.41, 5.74) is 2.92. The molecule has 0 radical (unpaired) electrons. The van der Waals surface area contributed by atoms with Crippen molar-refractivity contribution < 1.29 is 0 Å². The maximum atomic E-state index is 6.19. The van der Waals surface area contributed by atoms with Gasteiger partial charge in [-0.3, -0.25) is 4.57 Å². The van der Waals surface area contributed by atoms with Gasteiger partial charge in [0.15, 0.2) is 0 Å². The molecule has 0 unspecified atom stereocenters. The number of aromatic nitrogens is 2. The van der Waals surface area contributed by atoms with E-state index in [2.05, 4.69) is 55.6 Å². The average molecular weight is 482 g/mol. The third kappa shape index (κ3) is 2.58. The highest BCUT2D eigenvalue weighted by Gasteiger charge is 2.12. The van der Waals surface area contributed by atoms with Gasteiger partial charge in [-0.1, -0.05) is 11.6 Å². The second-order valence-electron chi connectivity index (χ2n) is 4.23. The van der Waals surface area contributed by atoms with E-state index in [1.165, 1.54) is 0 Å². The second kappa shape index (κ2) is 5.83. The van der Waals surface area contributed by atoms with Crippen molar-refractivity contribution in [2.24, 2.45) is 0 Å². The zero-order valence-corrected chi connectivity index (χ0v) is 15.3. The van der Waals surface area contributed by atoms with E-state index >= 15 is 0 Å². The van der Waals surface area contributed by atoms with Crippen LogP contribution in [0.15, 0.2) is 40.9 Å². The third-order valence-electron chi connectivity index (χ3n) is 2.97. The minimum absolute atomic E-state index is 0.346. The summed E-state index contributed by atoms with van der Waals surface area (Å²) in [6.45, 7) is 0. The first kappa shape index (κ1) is 14.6. The average Bonchev–Trinajstić information content (AvgIpc) is 2.79. The number of alkyl halides is 1. The van der Waals surface area contributed by atoms with Crippen LogP contribution in [0.2, 0.25) is 5.02 Å². The standard InChI is InChI=1S/C14H8BrCl2IN2/c15-10-3-2-9(6-11(10)17)20-13-4-1-8(18)5-12(13)19-14(20)7-16/h1-6H,7H2. The van der Waals surface area contributed by atoms with Gasteiger partial charge in [-0.25, -0.2) is 4.98 Å². The van der Waals surface area contributed by atoms with Gasteiger partial charge in [0.25, 0.3) is 0 Å². The lowest BCUT2D eigenvalue weighted by Gasteiger charge is -2.09. The Morgan fingerprint density at radius 2 is 2.00 bits per heavy atom. The van der Waals surface area contributed by atoms with E-state index in [1.807, 2.05) is 28.8 Å². The van der Waals surface area contributed by atoms with Gasteiger partial charge in [0.05, 0.1) is 21.9 Å². The summed E-state index contributed by atoms with van der Waals surface area (Å²) in [4.78, 5) is 4.59. The third-order valence-corrected chi connectivity index (χ3v) is 5.11. The quantitative estimate of drug-likeness (QED) is 0.335. The molecule has 102 valence electrons. The van der Waals surface area contributed by atoms with Gasteiger partial charge in [-0.15, -0.1) is 11.6 Å². The number of nitrogens with zero attached hydrogens (tertiary/aromatic N) is 2. The Morgan fingerprint density at radius 1 is 1.20 bits per heavy atom. The summed E-state index contributed by atoms with van der Waals surface area (Å²) in [6.07, 6.45) is 0. The summed E-state index contributed by atoms with van der Waals surface area (Å²) in [5, 5.41) is 0.662. The minimum Gasteiger partial charge on any atom is -0.295 e. The fraction of sp³-hybridized carbons (Fsp3) is 0.0714. The van der Waals surface area contributed by atoms with Crippen molar-refractivity contribution in [3.63, 3.8) is 0 Å². The molecule has 3 rings (SSSR count). The van der Waals surface area contributed by atoms with E-state index in [9.17, 15) is 0 Å². The number of halogens is 4. The van der Waals surface area contributed by atoms with Crippen LogP contribution in [0.4, 0.5) is 0 Å². The van der Waals surface area contributed by atoms with Crippen LogP contribution in [-0.2, 0) is 5.88 Å². The molecular weight excluding hydrogens is 474 g/mol. The van der Waals surface area contributed by atoms with Crippen LogP contribution in [-0.4, -0.2) is 9.55 Å². The van der Waals surface area contributed by atoms with E-state index in [0.29, 0.717) is 10.9 Å². The summed E-state index contributed by atoms with van der Waals surface area (Å²) < 4.78 is 4.06. The Kier molecular flexibility index (Phi) is 4.26. The molecule has 2 nitrogen and oxygen atoms in total. The summed E-state index contributed by atoms with van der Waals surface area (Å²) >= 11 is 17.9. The molecule has 0 spiro atoms. The van der Waals surface area contributed by atoms with Crippen LogP contribution >= 0.6 is 61.7 Å². The number of rotatable bonds is 2. The highest BCUT2D eigenvalue weighted by atomic mass is 127. The summed E-state index contributed by atoms with van der Waals surface area (Å²) in [7, 11) is 0. The Morgan fingerprint density at radius 3 is 2.70 bits per heavy atom. The Labute approximate surface area is 148 Å². The van der Waals surface area contributed by atoms with E-state index in [4.69, 9.17) is 23.2 Å². The molecule has 20 heavy (non-hydrogen) atoms. The van der Waals surface area contributed by atoms with E-state index in [1.54, 1.807) is 0 Å². The molecule has 0 atom stereocenters. The van der Waals surface area contributed by atoms with Crippen LogP contribution in [0.25, 0.3) is 16.7 Å². The van der Waals surface area contributed by atoms with Crippen molar-refractivity contribution in [1.29, 1.82) is 0 Å². The molecule has 1 heterocycles. The monoisotopic (exact) mass is 480 g/mol. The normalized spacial score (nSPS) is 11.2. The Balaban J connectivity index is 2.30. The first-order chi connectivity index (χ1) is 9.60. The van der Waals surface area contributed by atoms with Gasteiger partial charge in [-0.05, 0) is 74.9 Å². The van der Waals surface area contributed by atoms with E-state index in [0.717, 1.165) is 30.6 Å². The number of fused-ring (bicyclic) bond motifs is 1. The first-order valence-corrected chi connectivity index (χ1v) is 8.57. The van der Waals surface area contributed by atoms with Crippen LogP contribution in [0.3, 0.4) is 0 Å². The molecule has 0 aliphatic carbocycles. The Bertz CT molecular complexity index is 801. The van der Waals surface area contributed by atoms with Crippen LogP contribution in [0.1, 0.15) is 5.82 Å². The van der Waals surface area contributed by atoms with Crippen molar-refractivity contribution in [2.75, 3.05) is 0 Å². The fourth-order valence-corrected chi connectivity index (χ4v) is 3.18. The molecular formula is C14H8BrCl2IN2. The molecule has 0 bridgehead atoms. The van der Waals surface area contributed by atoms with Gasteiger partial charge in [0.1, 0.15) is 5.82 Å². The van der Waals surface area contributed by atoms with Gasteiger partial charge in [0, 0.05) is 13.7 Å². The van der Waals surface area contributed by atoms with Gasteiger partial charge < -0.3 is 0 Å². The maximum absolute atomic E-state index is 6.19. The van der Waals surface area contributed by atoms with Gasteiger partial charge >= 0.3 is 0 Å². The molecule has 0 saturated heterocycles. The Hall–Kier alpha value is -0.300. The van der Waals surface area contributed by atoms with E-state index < -0.39 is 0 Å². The largest absolute Gasteiger partial charge is 0.295 e. The zero-order chi connectivity index (χ0) is 14.3. The topological polar surface area (TPSA) is 17.8 Å². The first-order valence-electron chi connectivity index (χ1n) is 5.78. The maximum Gasteiger partial charge on any atom is 0.129 e. The predicted molar refractivity (Wildman–Crippen MR) is 96.1 cm³/mol. The molecule has 6 heteroatoms. The van der Waals surface area contributed by atoms with Crippen LogP contribution < -0.4 is 0 Å². The highest BCUT2D eigenvalue weighted by Crippen LogP contribution is 2.29. The van der Waals surface area contributed by atoms with Crippen LogP contribution in [0.5, 0.6) is 0 Å². The van der Waals surface area contributed by atoms with Gasteiger partial charge in [-0.2, -0.15) is 0 Å². The molecule has 3 aromatic rings. The van der Waals surface area contributed by atoms with Crippen molar-refractivity contribution in [1.82, 2.24) is 9.55 Å². The molecule has 0 amide bonds. The van der Waals surface area contributed by atoms with Crippen molar-refractivity contribution in [3.05, 3.63) is 55.3 Å². The highest BCUT2D eigenvalue weighted by molar-refractivity contribution is 14.1. The molecule has 2 aromatic carbocycles. The number of imidazole rings is 1. The lowest BCUT2D eigenvalue weighted by Crippen LogP contribution is -1.99. The lowest BCUT2D eigenvalue weighted by atomic mass is 10.3. The molecule has 0 fully saturated rings. The SMILES string of the molecule is ClCc1nc2cc(I)ccc2n1-c1ccc(Br)c(Cl)c1. The minimum atomic E-state index is 0.346. The zero-order valence-electron chi connectivity index (χ0n) is 10.1. The molecule has 0 N–H and O–H groups in total. The van der Waals surface area contributed by atoms with Gasteiger partial charge in [0.2, 0.25) is 0 Å². The van der Waals surface area contributed by atoms with E-state index in [-0.39, 0.29) is 0 Å². The smallest absolute Gasteiger partial charge is 0.129 e.